The number of aliphatic hydroxyl groups is 1. The number of halogens is 3. The number of nitrogens with zero attached hydrogens (tertiary/aromatic N) is 5. The summed E-state index contributed by atoms with van der Waals surface area (Å²) in [4.78, 5) is 5.81. The Morgan fingerprint density at radius 1 is 1.25 bits per heavy atom. The number of nitrogens with one attached hydrogen (secondary N) is 1. The summed E-state index contributed by atoms with van der Waals surface area (Å²) in [5, 5.41) is 26.4. The molecule has 0 radical (unpaired) electrons. The molecule has 0 bridgehead atoms. The van der Waals surface area contributed by atoms with E-state index in [2.05, 4.69) is 15.4 Å². The van der Waals surface area contributed by atoms with Crippen LogP contribution in [-0.2, 0) is 6.18 Å². The van der Waals surface area contributed by atoms with Gasteiger partial charge < -0.3 is 15.3 Å². The number of pyridine rings is 1. The van der Waals surface area contributed by atoms with Crippen LogP contribution in [0.4, 0.5) is 19.0 Å². The second kappa shape index (κ2) is 7.07. The van der Waals surface area contributed by atoms with Crippen LogP contribution in [0.5, 0.6) is 0 Å². The zero-order valence-corrected chi connectivity index (χ0v) is 14.9. The van der Waals surface area contributed by atoms with Crippen LogP contribution in [-0.4, -0.2) is 52.2 Å². The molecule has 2 saturated heterocycles. The standard InChI is InChI=1S/C18H19F3N6O/c19-18(20,21)15-5-16(25-17(14(15)6-22)26-9-13(28)10-26)11-7-24-27(8-11)12-1-3-23-4-2-12/h5,7-8,12-13,23,28H,1-4,9-10H2. The fraction of sp³-hybridized carbons (Fsp3) is 0.500. The third-order valence-electron chi connectivity index (χ3n) is 5.16. The molecule has 7 nitrogen and oxygen atoms in total. The maximum Gasteiger partial charge on any atom is 0.417 e. The van der Waals surface area contributed by atoms with Gasteiger partial charge >= 0.3 is 6.18 Å². The Morgan fingerprint density at radius 2 is 1.96 bits per heavy atom. The van der Waals surface area contributed by atoms with E-state index in [1.54, 1.807) is 16.9 Å². The van der Waals surface area contributed by atoms with Crippen molar-refractivity contribution in [1.82, 2.24) is 20.1 Å². The van der Waals surface area contributed by atoms with Gasteiger partial charge in [-0.05, 0) is 32.0 Å². The molecule has 0 spiro atoms. The number of aliphatic hydroxyl groups excluding tert-OH is 1. The summed E-state index contributed by atoms with van der Waals surface area (Å²) in [6.45, 7) is 2.04. The first-order valence-electron chi connectivity index (χ1n) is 9.07. The Morgan fingerprint density at radius 3 is 2.57 bits per heavy atom. The lowest BCUT2D eigenvalue weighted by Crippen LogP contribution is -2.51. The number of nitriles is 1. The van der Waals surface area contributed by atoms with Crippen molar-refractivity contribution in [2.24, 2.45) is 0 Å². The molecule has 2 N–H and O–H groups in total. The smallest absolute Gasteiger partial charge is 0.389 e. The van der Waals surface area contributed by atoms with Gasteiger partial charge in [-0.3, -0.25) is 4.68 Å². The highest BCUT2D eigenvalue weighted by Crippen LogP contribution is 2.39. The molecular weight excluding hydrogens is 373 g/mol. The van der Waals surface area contributed by atoms with Crippen molar-refractivity contribution < 1.29 is 18.3 Å². The normalized spacial score (nSPS) is 18.8. The van der Waals surface area contributed by atoms with Crippen molar-refractivity contribution in [1.29, 1.82) is 5.26 Å². The molecule has 0 saturated carbocycles. The summed E-state index contributed by atoms with van der Waals surface area (Å²) < 4.78 is 42.6. The number of rotatable bonds is 3. The van der Waals surface area contributed by atoms with E-state index < -0.39 is 23.4 Å². The molecule has 2 aromatic rings. The molecule has 0 amide bonds. The molecule has 0 aromatic carbocycles. The zero-order valence-electron chi connectivity index (χ0n) is 14.9. The maximum atomic E-state index is 13.6. The molecular formula is C18H19F3N6O. The second-order valence-corrected chi connectivity index (χ2v) is 7.11. The summed E-state index contributed by atoms with van der Waals surface area (Å²) in [7, 11) is 0. The molecule has 2 aliphatic rings. The van der Waals surface area contributed by atoms with Gasteiger partial charge in [0.05, 0.1) is 29.6 Å². The second-order valence-electron chi connectivity index (χ2n) is 7.11. The van der Waals surface area contributed by atoms with E-state index in [4.69, 9.17) is 0 Å². The first-order valence-corrected chi connectivity index (χ1v) is 9.07. The summed E-state index contributed by atoms with van der Waals surface area (Å²) in [6.07, 6.45) is -0.315. The Kier molecular flexibility index (Phi) is 4.72. The van der Waals surface area contributed by atoms with Crippen LogP contribution in [0.15, 0.2) is 18.5 Å². The van der Waals surface area contributed by atoms with Crippen LogP contribution >= 0.6 is 0 Å². The van der Waals surface area contributed by atoms with Crippen molar-refractivity contribution in [2.75, 3.05) is 31.1 Å². The van der Waals surface area contributed by atoms with Crippen molar-refractivity contribution in [3.8, 4) is 17.3 Å². The highest BCUT2D eigenvalue weighted by atomic mass is 19.4. The number of hydrogen-bond donors (Lipinski definition) is 2. The average Bonchev–Trinajstić information content (AvgIpc) is 3.14. The molecule has 4 heterocycles. The molecule has 2 aliphatic heterocycles. The summed E-state index contributed by atoms with van der Waals surface area (Å²) in [6, 6.07) is 2.74. The SMILES string of the molecule is N#Cc1c(C(F)(F)F)cc(-c2cnn(C3CCNCC3)c2)nc1N1CC(O)C1. The lowest BCUT2D eigenvalue weighted by Gasteiger charge is -2.37. The number of hydrogen-bond acceptors (Lipinski definition) is 6. The van der Waals surface area contributed by atoms with E-state index in [0.29, 0.717) is 5.56 Å². The molecule has 0 unspecified atom stereocenters. The van der Waals surface area contributed by atoms with Crippen LogP contribution in [0.2, 0.25) is 0 Å². The maximum absolute atomic E-state index is 13.6. The fourth-order valence-corrected chi connectivity index (χ4v) is 3.61. The number of alkyl halides is 3. The number of β-amino-alcohol motifs (C(OH)–C–C–N with tert-alkyl or cyclic N) is 1. The molecule has 4 rings (SSSR count). The van der Waals surface area contributed by atoms with Gasteiger partial charge in [-0.1, -0.05) is 0 Å². The predicted molar refractivity (Wildman–Crippen MR) is 94.5 cm³/mol. The van der Waals surface area contributed by atoms with Crippen LogP contribution in [0.3, 0.4) is 0 Å². The summed E-state index contributed by atoms with van der Waals surface area (Å²) in [5.74, 6) is -0.0489. The van der Waals surface area contributed by atoms with Crippen molar-refractivity contribution in [3.05, 3.63) is 29.6 Å². The summed E-state index contributed by atoms with van der Waals surface area (Å²) >= 11 is 0. The first-order chi connectivity index (χ1) is 13.4. The van der Waals surface area contributed by atoms with Crippen molar-refractivity contribution >= 4 is 5.82 Å². The van der Waals surface area contributed by atoms with E-state index in [-0.39, 0.29) is 30.6 Å². The summed E-state index contributed by atoms with van der Waals surface area (Å²) in [5.41, 5.74) is -0.960. The average molecular weight is 392 g/mol. The van der Waals surface area contributed by atoms with Crippen LogP contribution in [0, 0.1) is 11.3 Å². The van der Waals surface area contributed by atoms with E-state index in [9.17, 15) is 23.5 Å². The van der Waals surface area contributed by atoms with Gasteiger partial charge in [-0.15, -0.1) is 0 Å². The topological polar surface area (TPSA) is 90.0 Å². The van der Waals surface area contributed by atoms with E-state index in [1.165, 1.54) is 11.1 Å². The predicted octanol–water partition coefficient (Wildman–Crippen LogP) is 1.94. The molecule has 148 valence electrons. The molecule has 28 heavy (non-hydrogen) atoms. The van der Waals surface area contributed by atoms with Gasteiger partial charge in [0.15, 0.2) is 0 Å². The molecule has 10 heteroatoms. The van der Waals surface area contributed by atoms with Gasteiger partial charge in [0.25, 0.3) is 0 Å². The quantitative estimate of drug-likeness (QED) is 0.830. The van der Waals surface area contributed by atoms with Crippen molar-refractivity contribution in [2.45, 2.75) is 31.2 Å². The largest absolute Gasteiger partial charge is 0.417 e. The highest BCUT2D eigenvalue weighted by Gasteiger charge is 2.38. The molecule has 0 aliphatic carbocycles. The number of piperidine rings is 1. The first kappa shape index (κ1) is 18.7. The molecule has 2 fully saturated rings. The van der Waals surface area contributed by atoms with Gasteiger partial charge in [-0.2, -0.15) is 23.5 Å². The van der Waals surface area contributed by atoms with Crippen molar-refractivity contribution in [3.63, 3.8) is 0 Å². The minimum Gasteiger partial charge on any atom is -0.389 e. The van der Waals surface area contributed by atoms with Gasteiger partial charge in [-0.25, -0.2) is 4.98 Å². The molecule has 2 aromatic heterocycles. The van der Waals surface area contributed by atoms with E-state index in [0.717, 1.165) is 32.0 Å². The van der Waals surface area contributed by atoms with Crippen LogP contribution in [0.25, 0.3) is 11.3 Å². The van der Waals surface area contributed by atoms with E-state index >= 15 is 0 Å². The third kappa shape index (κ3) is 3.43. The van der Waals surface area contributed by atoms with Gasteiger partial charge in [0.2, 0.25) is 0 Å². The lowest BCUT2D eigenvalue weighted by molar-refractivity contribution is -0.137. The minimum absolute atomic E-state index is 0.0489. The van der Waals surface area contributed by atoms with Gasteiger partial charge in [0.1, 0.15) is 17.5 Å². The zero-order chi connectivity index (χ0) is 19.9. The van der Waals surface area contributed by atoms with E-state index in [1.807, 2.05) is 0 Å². The van der Waals surface area contributed by atoms with Crippen LogP contribution in [0.1, 0.15) is 30.0 Å². The highest BCUT2D eigenvalue weighted by molar-refractivity contribution is 5.68. The van der Waals surface area contributed by atoms with Crippen LogP contribution < -0.4 is 10.2 Å². The number of anilines is 1. The minimum atomic E-state index is -4.69. The Balaban J connectivity index is 1.76. The number of aromatic nitrogens is 3. The Hall–Kier alpha value is -2.64. The third-order valence-corrected chi connectivity index (χ3v) is 5.16. The fourth-order valence-electron chi connectivity index (χ4n) is 3.61. The Labute approximate surface area is 159 Å². The van der Waals surface area contributed by atoms with Gasteiger partial charge in [0, 0.05) is 24.8 Å². The lowest BCUT2D eigenvalue weighted by atomic mass is 10.0. The molecule has 0 atom stereocenters. The monoisotopic (exact) mass is 392 g/mol. The Bertz CT molecular complexity index is 907.